The summed E-state index contributed by atoms with van der Waals surface area (Å²) in [5.74, 6) is 0. The summed E-state index contributed by atoms with van der Waals surface area (Å²) in [4.78, 5) is 13.5. The molecule has 0 radical (unpaired) electrons. The highest BCUT2D eigenvalue weighted by molar-refractivity contribution is 5.74. The molecule has 2 N–H and O–H groups in total. The number of nitrogens with one attached hydrogen (secondary N) is 2. The summed E-state index contributed by atoms with van der Waals surface area (Å²) in [6.45, 7) is 1.41. The Morgan fingerprint density at radius 3 is 2.67 bits per heavy atom. The topological polar surface area (TPSA) is 81.1 Å². The Bertz CT molecular complexity index is 530. The molecule has 1 unspecified atom stereocenters. The Labute approximate surface area is 123 Å². The maximum absolute atomic E-state index is 11.9. The van der Waals surface area contributed by atoms with Gasteiger partial charge in [-0.3, -0.25) is 0 Å². The summed E-state index contributed by atoms with van der Waals surface area (Å²) in [5, 5.41) is 13.8. The zero-order chi connectivity index (χ0) is 14.9. The number of aromatic nitrogens is 3. The van der Waals surface area contributed by atoms with Crippen molar-refractivity contribution in [2.45, 2.75) is 12.6 Å². The van der Waals surface area contributed by atoms with Crippen LogP contribution in [0.1, 0.15) is 11.6 Å². The van der Waals surface area contributed by atoms with Gasteiger partial charge in [0.25, 0.3) is 0 Å². The van der Waals surface area contributed by atoms with Gasteiger partial charge in [-0.25, -0.2) is 4.79 Å². The molecule has 1 heterocycles. The second kappa shape index (κ2) is 8.01. The largest absolute Gasteiger partial charge is 0.383 e. The lowest BCUT2D eigenvalue weighted by atomic mass is 10.1. The lowest BCUT2D eigenvalue weighted by Crippen LogP contribution is -2.40. The summed E-state index contributed by atoms with van der Waals surface area (Å²) in [5.41, 5.74) is 0.997. The maximum atomic E-state index is 11.9. The van der Waals surface area contributed by atoms with E-state index in [1.807, 2.05) is 30.3 Å². The van der Waals surface area contributed by atoms with Crippen LogP contribution in [-0.2, 0) is 11.3 Å². The van der Waals surface area contributed by atoms with Gasteiger partial charge in [0, 0.05) is 13.7 Å². The van der Waals surface area contributed by atoms with Crippen LogP contribution in [0.2, 0.25) is 0 Å². The van der Waals surface area contributed by atoms with Crippen molar-refractivity contribution in [1.82, 2.24) is 25.6 Å². The van der Waals surface area contributed by atoms with Crippen molar-refractivity contribution >= 4 is 6.03 Å². The maximum Gasteiger partial charge on any atom is 0.315 e. The predicted molar refractivity (Wildman–Crippen MR) is 77.6 cm³/mol. The van der Waals surface area contributed by atoms with Crippen LogP contribution in [0, 0.1) is 0 Å². The second-order valence-corrected chi connectivity index (χ2v) is 4.44. The average Bonchev–Trinajstić information content (AvgIpc) is 3.01. The van der Waals surface area contributed by atoms with Crippen molar-refractivity contribution in [1.29, 1.82) is 0 Å². The van der Waals surface area contributed by atoms with E-state index in [4.69, 9.17) is 4.74 Å². The molecular formula is C14H19N5O2. The number of rotatable bonds is 7. The number of methoxy groups -OCH3 is 1. The number of benzene rings is 1. The third-order valence-corrected chi connectivity index (χ3v) is 2.91. The fraction of sp³-hybridized carbons (Fsp3) is 0.357. The van der Waals surface area contributed by atoms with Crippen molar-refractivity contribution in [2.24, 2.45) is 0 Å². The first-order valence-electron chi connectivity index (χ1n) is 6.72. The summed E-state index contributed by atoms with van der Waals surface area (Å²) in [6.07, 6.45) is 3.22. The fourth-order valence-corrected chi connectivity index (χ4v) is 1.90. The number of urea groups is 1. The smallest absolute Gasteiger partial charge is 0.315 e. The molecule has 1 atom stereocenters. The number of amides is 2. The van der Waals surface area contributed by atoms with Gasteiger partial charge in [0.15, 0.2) is 0 Å². The van der Waals surface area contributed by atoms with Gasteiger partial charge >= 0.3 is 6.03 Å². The average molecular weight is 289 g/mol. The highest BCUT2D eigenvalue weighted by Crippen LogP contribution is 2.13. The van der Waals surface area contributed by atoms with E-state index in [0.29, 0.717) is 19.7 Å². The molecule has 112 valence electrons. The molecule has 21 heavy (non-hydrogen) atoms. The lowest BCUT2D eigenvalue weighted by Gasteiger charge is -2.19. The minimum atomic E-state index is -0.243. The molecule has 7 heteroatoms. The number of ether oxygens (including phenoxy) is 1. The van der Waals surface area contributed by atoms with E-state index in [2.05, 4.69) is 20.8 Å². The highest BCUT2D eigenvalue weighted by atomic mass is 16.5. The molecule has 2 rings (SSSR count). The third kappa shape index (κ3) is 4.88. The van der Waals surface area contributed by atoms with E-state index < -0.39 is 0 Å². The van der Waals surface area contributed by atoms with Crippen molar-refractivity contribution in [3.8, 4) is 0 Å². The normalized spacial score (nSPS) is 11.9. The highest BCUT2D eigenvalue weighted by Gasteiger charge is 2.15. The zero-order valence-corrected chi connectivity index (χ0v) is 11.9. The van der Waals surface area contributed by atoms with Crippen LogP contribution in [0.5, 0.6) is 0 Å². The molecular weight excluding hydrogens is 270 g/mol. The van der Waals surface area contributed by atoms with Gasteiger partial charge in [0.05, 0.1) is 31.6 Å². The van der Waals surface area contributed by atoms with E-state index in [9.17, 15) is 4.79 Å². The molecule has 0 aliphatic rings. The lowest BCUT2D eigenvalue weighted by molar-refractivity contribution is 0.194. The molecule has 1 aromatic carbocycles. The Kier molecular flexibility index (Phi) is 5.71. The number of nitrogens with zero attached hydrogens (tertiary/aromatic N) is 3. The first-order valence-corrected chi connectivity index (χ1v) is 6.72. The third-order valence-electron chi connectivity index (χ3n) is 2.91. The number of hydrogen-bond acceptors (Lipinski definition) is 4. The fourth-order valence-electron chi connectivity index (χ4n) is 1.90. The van der Waals surface area contributed by atoms with Crippen molar-refractivity contribution in [3.63, 3.8) is 0 Å². The van der Waals surface area contributed by atoms with E-state index >= 15 is 0 Å². The molecule has 0 spiro atoms. The van der Waals surface area contributed by atoms with E-state index in [-0.39, 0.29) is 12.1 Å². The number of hydrogen-bond donors (Lipinski definition) is 2. The molecule has 0 saturated carbocycles. The van der Waals surface area contributed by atoms with Crippen LogP contribution in [0.4, 0.5) is 4.79 Å². The van der Waals surface area contributed by atoms with Gasteiger partial charge in [-0.15, -0.1) is 0 Å². The standard InChI is InChI=1S/C14H19N5O2/c1-21-10-9-15-14(20)18-13(11-19-16-7-8-17-19)12-5-3-2-4-6-12/h2-8,13H,9-11H2,1H3,(H2,15,18,20). The summed E-state index contributed by atoms with van der Waals surface area (Å²) in [7, 11) is 1.59. The SMILES string of the molecule is COCCNC(=O)NC(Cn1nccn1)c1ccccc1. The molecule has 2 amide bonds. The van der Waals surface area contributed by atoms with Gasteiger partial charge < -0.3 is 15.4 Å². The number of carbonyl (C=O) groups excluding carboxylic acids is 1. The Hall–Kier alpha value is -2.41. The van der Waals surface area contributed by atoms with Crippen LogP contribution in [-0.4, -0.2) is 41.3 Å². The molecule has 7 nitrogen and oxygen atoms in total. The first-order chi connectivity index (χ1) is 10.3. The van der Waals surface area contributed by atoms with Crippen molar-refractivity contribution in [3.05, 3.63) is 48.3 Å². The van der Waals surface area contributed by atoms with Crippen molar-refractivity contribution < 1.29 is 9.53 Å². The van der Waals surface area contributed by atoms with Crippen LogP contribution >= 0.6 is 0 Å². The molecule has 0 saturated heterocycles. The van der Waals surface area contributed by atoms with Crippen LogP contribution < -0.4 is 10.6 Å². The van der Waals surface area contributed by atoms with Crippen LogP contribution in [0.15, 0.2) is 42.7 Å². The summed E-state index contributed by atoms with van der Waals surface area (Å²) >= 11 is 0. The van der Waals surface area contributed by atoms with Gasteiger partial charge in [-0.2, -0.15) is 15.0 Å². The van der Waals surface area contributed by atoms with Crippen molar-refractivity contribution in [2.75, 3.05) is 20.3 Å². The van der Waals surface area contributed by atoms with Crippen LogP contribution in [0.25, 0.3) is 0 Å². The minimum Gasteiger partial charge on any atom is -0.383 e. The Balaban J connectivity index is 2.00. The molecule has 2 aromatic rings. The molecule has 1 aromatic heterocycles. The Morgan fingerprint density at radius 1 is 1.29 bits per heavy atom. The first kappa shape index (κ1) is 15.0. The second-order valence-electron chi connectivity index (χ2n) is 4.44. The van der Waals surface area contributed by atoms with E-state index in [0.717, 1.165) is 5.56 Å². The van der Waals surface area contributed by atoms with Gasteiger partial charge in [-0.05, 0) is 5.56 Å². The molecule has 0 bridgehead atoms. The minimum absolute atomic E-state index is 0.207. The number of carbonyl (C=O) groups is 1. The van der Waals surface area contributed by atoms with E-state index in [1.54, 1.807) is 24.3 Å². The molecule has 0 aliphatic heterocycles. The van der Waals surface area contributed by atoms with Gasteiger partial charge in [0.2, 0.25) is 0 Å². The predicted octanol–water partition coefficient (Wildman–Crippen LogP) is 0.965. The Morgan fingerprint density at radius 2 is 2.00 bits per heavy atom. The van der Waals surface area contributed by atoms with Crippen LogP contribution in [0.3, 0.4) is 0 Å². The summed E-state index contributed by atoms with van der Waals surface area (Å²) in [6, 6.07) is 9.28. The van der Waals surface area contributed by atoms with Gasteiger partial charge in [0.1, 0.15) is 0 Å². The molecule has 0 aliphatic carbocycles. The quantitative estimate of drug-likeness (QED) is 0.744. The van der Waals surface area contributed by atoms with E-state index in [1.165, 1.54) is 0 Å². The molecule has 0 fully saturated rings. The summed E-state index contributed by atoms with van der Waals surface area (Å²) < 4.78 is 4.90. The monoisotopic (exact) mass is 289 g/mol. The zero-order valence-electron chi connectivity index (χ0n) is 11.9. The van der Waals surface area contributed by atoms with Gasteiger partial charge in [-0.1, -0.05) is 30.3 Å².